The zero-order valence-electron chi connectivity index (χ0n) is 15.6. The molecule has 0 saturated carbocycles. The van der Waals surface area contributed by atoms with E-state index >= 15 is 0 Å². The van der Waals surface area contributed by atoms with Gasteiger partial charge in [0.2, 0.25) is 0 Å². The minimum absolute atomic E-state index is 0.133. The van der Waals surface area contributed by atoms with Gasteiger partial charge in [0.1, 0.15) is 11.9 Å². The van der Waals surface area contributed by atoms with Crippen molar-refractivity contribution < 1.29 is 13.9 Å². The first-order chi connectivity index (χ1) is 13.0. The third-order valence-corrected chi connectivity index (χ3v) is 5.07. The van der Waals surface area contributed by atoms with Gasteiger partial charge in [-0.05, 0) is 43.0 Å². The molecule has 0 N–H and O–H groups in total. The van der Waals surface area contributed by atoms with E-state index in [9.17, 15) is 9.18 Å². The predicted octanol–water partition coefficient (Wildman–Crippen LogP) is 5.38. The lowest BCUT2D eigenvalue weighted by Gasteiger charge is -2.35. The summed E-state index contributed by atoms with van der Waals surface area (Å²) in [6, 6.07) is 14.8. The van der Waals surface area contributed by atoms with Crippen LogP contribution in [-0.2, 0) is 4.74 Å². The lowest BCUT2D eigenvalue weighted by Crippen LogP contribution is -2.43. The van der Waals surface area contributed by atoms with E-state index in [1.807, 2.05) is 44.2 Å². The number of halogens is 1. The third kappa shape index (κ3) is 4.28. The van der Waals surface area contributed by atoms with E-state index < -0.39 is 0 Å². The van der Waals surface area contributed by atoms with Gasteiger partial charge >= 0.3 is 6.09 Å². The fourth-order valence-corrected chi connectivity index (χ4v) is 3.40. The van der Waals surface area contributed by atoms with Gasteiger partial charge in [-0.25, -0.2) is 9.18 Å². The molecule has 0 spiro atoms. The van der Waals surface area contributed by atoms with Gasteiger partial charge in [-0.15, -0.1) is 0 Å². The summed E-state index contributed by atoms with van der Waals surface area (Å²) in [7, 11) is 0. The van der Waals surface area contributed by atoms with Gasteiger partial charge in [-0.1, -0.05) is 36.4 Å². The maximum Gasteiger partial charge on any atom is 0.410 e. The number of aryl methyl sites for hydroxylation is 1. The number of cyclic esters (lactones) is 1. The molecule has 1 aliphatic rings. The Labute approximate surface area is 159 Å². The molecule has 1 amide bonds. The molecule has 1 heterocycles. The second-order valence-electron chi connectivity index (χ2n) is 6.97. The first kappa shape index (κ1) is 18.9. The third-order valence-electron chi connectivity index (χ3n) is 5.07. The molecule has 3 rings (SSSR count). The molecule has 0 bridgehead atoms. The van der Waals surface area contributed by atoms with Crippen molar-refractivity contribution in [2.24, 2.45) is 0 Å². The molecule has 2 aromatic rings. The molecule has 0 radical (unpaired) electrons. The monoisotopic (exact) mass is 366 g/mol. The van der Waals surface area contributed by atoms with Crippen LogP contribution in [0.1, 0.15) is 43.4 Å². The lowest BCUT2D eigenvalue weighted by molar-refractivity contribution is 0.0106. The molecular formula is C22H23FN2O2. The highest BCUT2D eigenvalue weighted by molar-refractivity contribution is 5.69. The van der Waals surface area contributed by atoms with Crippen molar-refractivity contribution in [1.82, 2.24) is 4.90 Å². The number of nitrogens with zero attached hydrogens (tertiary/aromatic N) is 2. The van der Waals surface area contributed by atoms with Gasteiger partial charge in [0.05, 0.1) is 12.1 Å². The molecule has 4 nitrogen and oxygen atoms in total. The minimum atomic E-state index is -0.342. The van der Waals surface area contributed by atoms with Crippen molar-refractivity contribution >= 4 is 6.09 Å². The van der Waals surface area contributed by atoms with Crippen molar-refractivity contribution in [3.8, 4) is 17.2 Å². The van der Waals surface area contributed by atoms with Gasteiger partial charge < -0.3 is 9.64 Å². The summed E-state index contributed by atoms with van der Waals surface area (Å²) >= 11 is 0. The van der Waals surface area contributed by atoms with E-state index in [0.717, 1.165) is 23.1 Å². The van der Waals surface area contributed by atoms with Gasteiger partial charge in [-0.3, -0.25) is 0 Å². The first-order valence-corrected chi connectivity index (χ1v) is 9.20. The normalized spacial score (nSPS) is 17.9. The zero-order valence-corrected chi connectivity index (χ0v) is 15.6. The summed E-state index contributed by atoms with van der Waals surface area (Å²) in [5.74, 6) is -0.237. The van der Waals surface area contributed by atoms with Crippen LogP contribution in [0, 0.1) is 24.1 Å². The molecule has 1 saturated heterocycles. The average molecular weight is 366 g/mol. The van der Waals surface area contributed by atoms with Crippen molar-refractivity contribution in [3.05, 3.63) is 59.4 Å². The zero-order chi connectivity index (χ0) is 19.4. The maximum absolute atomic E-state index is 14.2. The van der Waals surface area contributed by atoms with Crippen LogP contribution < -0.4 is 0 Å². The Kier molecular flexibility index (Phi) is 5.75. The molecule has 2 aromatic carbocycles. The number of rotatable bonds is 5. The van der Waals surface area contributed by atoms with E-state index in [1.165, 1.54) is 6.07 Å². The number of hydrogen-bond acceptors (Lipinski definition) is 3. The quantitative estimate of drug-likeness (QED) is 0.714. The fourth-order valence-electron chi connectivity index (χ4n) is 3.40. The average Bonchev–Trinajstić information content (AvgIpc) is 2.66. The molecular weight excluding hydrogens is 343 g/mol. The predicted molar refractivity (Wildman–Crippen MR) is 101 cm³/mol. The number of carbonyl (C=O) groups excluding carboxylic acids is 1. The molecule has 27 heavy (non-hydrogen) atoms. The number of ether oxygens (including phenoxy) is 1. The van der Waals surface area contributed by atoms with Crippen molar-refractivity contribution in [2.75, 3.05) is 6.54 Å². The second-order valence-corrected chi connectivity index (χ2v) is 6.97. The van der Waals surface area contributed by atoms with Crippen LogP contribution in [0.2, 0.25) is 0 Å². The standard InChI is InChI=1S/C22H23FN2O2/c1-15-5-10-20(21(23)14-15)18-8-6-17(7-9-18)16(2)25-13-11-19(4-3-12-24)27-22(25)26/h5-10,14,16,19H,3-4,11,13H2,1-2H3. The molecule has 2 unspecified atom stereocenters. The summed E-state index contributed by atoms with van der Waals surface area (Å²) in [5, 5.41) is 8.66. The molecule has 5 heteroatoms. The van der Waals surface area contributed by atoms with Crippen molar-refractivity contribution in [3.63, 3.8) is 0 Å². The Morgan fingerprint density at radius 2 is 2.04 bits per heavy atom. The van der Waals surface area contributed by atoms with Crippen LogP contribution in [0.3, 0.4) is 0 Å². The highest BCUT2D eigenvalue weighted by atomic mass is 19.1. The Hall–Kier alpha value is -2.87. The van der Waals surface area contributed by atoms with Crippen LogP contribution in [0.25, 0.3) is 11.1 Å². The molecule has 0 aromatic heterocycles. The van der Waals surface area contributed by atoms with E-state index in [1.54, 1.807) is 11.0 Å². The Morgan fingerprint density at radius 3 is 2.67 bits per heavy atom. The lowest BCUT2D eigenvalue weighted by atomic mass is 9.99. The largest absolute Gasteiger partial charge is 0.446 e. The first-order valence-electron chi connectivity index (χ1n) is 9.20. The van der Waals surface area contributed by atoms with Crippen molar-refractivity contribution in [1.29, 1.82) is 5.26 Å². The van der Waals surface area contributed by atoms with E-state index in [0.29, 0.717) is 24.9 Å². The minimum Gasteiger partial charge on any atom is -0.446 e. The summed E-state index contributed by atoms with van der Waals surface area (Å²) in [6.07, 6.45) is 1.19. The summed E-state index contributed by atoms with van der Waals surface area (Å²) in [4.78, 5) is 14.0. The fraction of sp³-hybridized carbons (Fsp3) is 0.364. The van der Waals surface area contributed by atoms with E-state index in [4.69, 9.17) is 10.00 Å². The van der Waals surface area contributed by atoms with Crippen LogP contribution in [0.4, 0.5) is 9.18 Å². The molecule has 2 atom stereocenters. The van der Waals surface area contributed by atoms with Crippen LogP contribution >= 0.6 is 0 Å². The van der Waals surface area contributed by atoms with Gasteiger partial charge in [-0.2, -0.15) is 5.26 Å². The molecule has 0 aliphatic carbocycles. The van der Waals surface area contributed by atoms with Gasteiger partial charge in [0.25, 0.3) is 0 Å². The smallest absolute Gasteiger partial charge is 0.410 e. The summed E-state index contributed by atoms with van der Waals surface area (Å²) in [5.41, 5.74) is 3.23. The topological polar surface area (TPSA) is 53.3 Å². The Balaban J connectivity index is 1.70. The molecule has 1 fully saturated rings. The maximum atomic E-state index is 14.2. The van der Waals surface area contributed by atoms with Crippen LogP contribution in [0.15, 0.2) is 42.5 Å². The highest BCUT2D eigenvalue weighted by Gasteiger charge is 2.30. The van der Waals surface area contributed by atoms with Crippen LogP contribution in [0.5, 0.6) is 0 Å². The SMILES string of the molecule is Cc1ccc(-c2ccc(C(C)N3CCC(CCC#N)OC3=O)cc2)c(F)c1. The number of nitriles is 1. The highest BCUT2D eigenvalue weighted by Crippen LogP contribution is 2.29. The molecule has 140 valence electrons. The Morgan fingerprint density at radius 1 is 1.30 bits per heavy atom. The number of carbonyl (C=O) groups is 1. The number of amides is 1. The van der Waals surface area contributed by atoms with Gasteiger partial charge in [0, 0.05) is 24.9 Å². The van der Waals surface area contributed by atoms with E-state index in [2.05, 4.69) is 6.07 Å². The second kappa shape index (κ2) is 8.22. The summed E-state index contributed by atoms with van der Waals surface area (Å²) in [6.45, 7) is 4.42. The van der Waals surface area contributed by atoms with Crippen molar-refractivity contribution in [2.45, 2.75) is 45.3 Å². The Bertz CT molecular complexity index is 858. The van der Waals surface area contributed by atoms with Crippen LogP contribution in [-0.4, -0.2) is 23.6 Å². The summed E-state index contributed by atoms with van der Waals surface area (Å²) < 4.78 is 19.6. The number of benzene rings is 2. The van der Waals surface area contributed by atoms with Gasteiger partial charge in [0.15, 0.2) is 0 Å². The number of hydrogen-bond donors (Lipinski definition) is 0. The molecule has 1 aliphatic heterocycles. The van der Waals surface area contributed by atoms with E-state index in [-0.39, 0.29) is 24.1 Å².